The summed E-state index contributed by atoms with van der Waals surface area (Å²) >= 11 is 0. The summed E-state index contributed by atoms with van der Waals surface area (Å²) in [6.07, 6.45) is 1.78. The molecule has 5 nitrogen and oxygen atoms in total. The fourth-order valence-corrected chi connectivity index (χ4v) is 2.19. The van der Waals surface area contributed by atoms with Crippen molar-refractivity contribution in [2.45, 2.75) is 20.3 Å². The Labute approximate surface area is 134 Å². The van der Waals surface area contributed by atoms with E-state index in [2.05, 4.69) is 15.3 Å². The lowest BCUT2D eigenvalue weighted by molar-refractivity contribution is -0.115. The van der Waals surface area contributed by atoms with Crippen LogP contribution < -0.4 is 5.32 Å². The van der Waals surface area contributed by atoms with Crippen LogP contribution in [-0.4, -0.2) is 15.9 Å². The number of rotatable bonds is 4. The second kappa shape index (κ2) is 6.44. The molecule has 116 valence electrons. The number of aryl methyl sites for hydroxylation is 2. The maximum absolute atomic E-state index is 12.1. The molecule has 0 saturated carbocycles. The molecule has 0 saturated heterocycles. The molecule has 1 amide bonds. The van der Waals surface area contributed by atoms with E-state index in [1.807, 2.05) is 44.2 Å². The maximum atomic E-state index is 12.1. The van der Waals surface area contributed by atoms with Crippen molar-refractivity contribution in [1.82, 2.24) is 9.97 Å². The standard InChI is InChI=1S/C18H17N3O2/c1-12-6-8-14(9-7-12)18-20-15(13(2)23-18)11-17(22)21-16-5-3-4-10-19-16/h3-10H,11H2,1-2H3,(H,19,21,22). The third kappa shape index (κ3) is 3.63. The van der Waals surface area contributed by atoms with Crippen molar-refractivity contribution in [3.05, 3.63) is 65.7 Å². The van der Waals surface area contributed by atoms with E-state index >= 15 is 0 Å². The molecule has 23 heavy (non-hydrogen) atoms. The van der Waals surface area contributed by atoms with E-state index < -0.39 is 0 Å². The second-order valence-corrected chi connectivity index (χ2v) is 5.33. The Kier molecular flexibility index (Phi) is 4.19. The van der Waals surface area contributed by atoms with Crippen molar-refractivity contribution >= 4 is 11.7 Å². The van der Waals surface area contributed by atoms with E-state index in [9.17, 15) is 4.79 Å². The van der Waals surface area contributed by atoms with Crippen LogP contribution in [0.25, 0.3) is 11.5 Å². The first-order chi connectivity index (χ1) is 11.1. The van der Waals surface area contributed by atoms with E-state index in [0.29, 0.717) is 23.2 Å². The molecule has 0 unspecified atom stereocenters. The van der Waals surface area contributed by atoms with Gasteiger partial charge in [0.15, 0.2) is 0 Å². The van der Waals surface area contributed by atoms with Gasteiger partial charge in [-0.2, -0.15) is 0 Å². The van der Waals surface area contributed by atoms with Gasteiger partial charge in [0.25, 0.3) is 0 Å². The van der Waals surface area contributed by atoms with Gasteiger partial charge in [-0.05, 0) is 38.1 Å². The lowest BCUT2D eigenvalue weighted by atomic mass is 10.1. The van der Waals surface area contributed by atoms with E-state index in [1.54, 1.807) is 18.3 Å². The van der Waals surface area contributed by atoms with Crippen LogP contribution in [0.1, 0.15) is 17.0 Å². The van der Waals surface area contributed by atoms with E-state index in [4.69, 9.17) is 4.42 Å². The van der Waals surface area contributed by atoms with Crippen molar-refractivity contribution in [2.75, 3.05) is 5.32 Å². The predicted octanol–water partition coefficient (Wildman–Crippen LogP) is 3.53. The zero-order valence-corrected chi connectivity index (χ0v) is 13.0. The van der Waals surface area contributed by atoms with Crippen LogP contribution in [0, 0.1) is 13.8 Å². The molecule has 0 spiro atoms. The SMILES string of the molecule is Cc1ccc(-c2nc(CC(=O)Nc3ccccn3)c(C)o2)cc1. The zero-order valence-electron chi connectivity index (χ0n) is 13.0. The number of pyridine rings is 1. The van der Waals surface area contributed by atoms with Crippen LogP contribution in [0.2, 0.25) is 0 Å². The number of hydrogen-bond acceptors (Lipinski definition) is 4. The summed E-state index contributed by atoms with van der Waals surface area (Å²) in [5.41, 5.74) is 2.70. The molecule has 0 aliphatic rings. The van der Waals surface area contributed by atoms with Crippen LogP contribution in [-0.2, 0) is 11.2 Å². The fraction of sp³-hybridized carbons (Fsp3) is 0.167. The summed E-state index contributed by atoms with van der Waals surface area (Å²) in [6, 6.07) is 13.3. The first-order valence-corrected chi connectivity index (χ1v) is 7.36. The van der Waals surface area contributed by atoms with Gasteiger partial charge in [-0.15, -0.1) is 0 Å². The molecule has 0 aliphatic carbocycles. The number of amides is 1. The Balaban J connectivity index is 1.73. The Morgan fingerprint density at radius 3 is 2.61 bits per heavy atom. The highest BCUT2D eigenvalue weighted by atomic mass is 16.4. The largest absolute Gasteiger partial charge is 0.441 e. The minimum absolute atomic E-state index is 0.151. The molecule has 2 aromatic heterocycles. The summed E-state index contributed by atoms with van der Waals surface area (Å²) in [5.74, 6) is 1.54. The van der Waals surface area contributed by atoms with Gasteiger partial charge in [0.1, 0.15) is 11.6 Å². The van der Waals surface area contributed by atoms with Gasteiger partial charge in [-0.3, -0.25) is 4.79 Å². The first kappa shape index (κ1) is 15.0. The van der Waals surface area contributed by atoms with Crippen LogP contribution in [0.15, 0.2) is 53.1 Å². The number of anilines is 1. The van der Waals surface area contributed by atoms with Crippen LogP contribution >= 0.6 is 0 Å². The smallest absolute Gasteiger partial charge is 0.231 e. The predicted molar refractivity (Wildman–Crippen MR) is 88.0 cm³/mol. The molecule has 0 fully saturated rings. The summed E-state index contributed by atoms with van der Waals surface area (Å²) < 4.78 is 5.68. The number of benzene rings is 1. The minimum Gasteiger partial charge on any atom is -0.441 e. The normalized spacial score (nSPS) is 10.5. The first-order valence-electron chi connectivity index (χ1n) is 7.36. The van der Waals surface area contributed by atoms with Gasteiger partial charge in [0.05, 0.1) is 12.1 Å². The molecule has 1 aromatic carbocycles. The van der Waals surface area contributed by atoms with Gasteiger partial charge >= 0.3 is 0 Å². The highest BCUT2D eigenvalue weighted by Crippen LogP contribution is 2.22. The summed E-state index contributed by atoms with van der Waals surface area (Å²) in [6.45, 7) is 3.84. The summed E-state index contributed by atoms with van der Waals surface area (Å²) in [7, 11) is 0. The monoisotopic (exact) mass is 307 g/mol. The fourth-order valence-electron chi connectivity index (χ4n) is 2.19. The van der Waals surface area contributed by atoms with Gasteiger partial charge in [-0.1, -0.05) is 23.8 Å². The quantitative estimate of drug-likeness (QED) is 0.800. The lowest BCUT2D eigenvalue weighted by Crippen LogP contribution is -2.15. The zero-order chi connectivity index (χ0) is 16.2. The highest BCUT2D eigenvalue weighted by Gasteiger charge is 2.15. The molecule has 3 rings (SSSR count). The number of carbonyl (C=O) groups excluding carboxylic acids is 1. The summed E-state index contributed by atoms with van der Waals surface area (Å²) in [4.78, 5) is 20.6. The summed E-state index contributed by atoms with van der Waals surface area (Å²) in [5, 5.41) is 2.74. The Morgan fingerprint density at radius 2 is 1.91 bits per heavy atom. The molecule has 5 heteroatoms. The van der Waals surface area contributed by atoms with Crippen molar-refractivity contribution in [3.63, 3.8) is 0 Å². The third-order valence-electron chi connectivity index (χ3n) is 3.45. The van der Waals surface area contributed by atoms with Crippen molar-refractivity contribution in [2.24, 2.45) is 0 Å². The number of oxazole rings is 1. The van der Waals surface area contributed by atoms with Crippen molar-refractivity contribution in [3.8, 4) is 11.5 Å². The average Bonchev–Trinajstić information content (AvgIpc) is 2.90. The van der Waals surface area contributed by atoms with E-state index in [0.717, 1.165) is 5.56 Å². The molecule has 0 atom stereocenters. The molecule has 0 radical (unpaired) electrons. The Hall–Kier alpha value is -2.95. The van der Waals surface area contributed by atoms with E-state index in [-0.39, 0.29) is 12.3 Å². The number of hydrogen-bond donors (Lipinski definition) is 1. The Morgan fingerprint density at radius 1 is 1.13 bits per heavy atom. The van der Waals surface area contributed by atoms with Crippen LogP contribution in [0.4, 0.5) is 5.82 Å². The second-order valence-electron chi connectivity index (χ2n) is 5.33. The van der Waals surface area contributed by atoms with Crippen LogP contribution in [0.3, 0.4) is 0 Å². The lowest BCUT2D eigenvalue weighted by Gasteiger charge is -2.02. The third-order valence-corrected chi connectivity index (χ3v) is 3.45. The molecule has 2 heterocycles. The van der Waals surface area contributed by atoms with Crippen LogP contribution in [0.5, 0.6) is 0 Å². The van der Waals surface area contributed by atoms with Gasteiger partial charge in [0.2, 0.25) is 11.8 Å². The maximum Gasteiger partial charge on any atom is 0.231 e. The van der Waals surface area contributed by atoms with Gasteiger partial charge < -0.3 is 9.73 Å². The molecular formula is C18H17N3O2. The molecule has 0 aliphatic heterocycles. The molecule has 3 aromatic rings. The van der Waals surface area contributed by atoms with Crippen molar-refractivity contribution in [1.29, 1.82) is 0 Å². The highest BCUT2D eigenvalue weighted by molar-refractivity contribution is 5.91. The topological polar surface area (TPSA) is 68.0 Å². The Bertz CT molecular complexity index is 808. The minimum atomic E-state index is -0.171. The average molecular weight is 307 g/mol. The molecular weight excluding hydrogens is 290 g/mol. The molecule has 1 N–H and O–H groups in total. The molecule has 0 bridgehead atoms. The number of aromatic nitrogens is 2. The van der Waals surface area contributed by atoms with Crippen molar-refractivity contribution < 1.29 is 9.21 Å². The van der Waals surface area contributed by atoms with Gasteiger partial charge in [-0.25, -0.2) is 9.97 Å². The van der Waals surface area contributed by atoms with E-state index in [1.165, 1.54) is 5.56 Å². The number of nitrogens with one attached hydrogen (secondary N) is 1. The number of carbonyl (C=O) groups is 1. The number of nitrogens with zero attached hydrogens (tertiary/aromatic N) is 2. The van der Waals surface area contributed by atoms with Gasteiger partial charge in [0, 0.05) is 11.8 Å².